The molecule has 0 saturated carbocycles. The van der Waals surface area contributed by atoms with Crippen LogP contribution in [0.3, 0.4) is 0 Å². The summed E-state index contributed by atoms with van der Waals surface area (Å²) in [5, 5.41) is 0. The second-order valence-corrected chi connectivity index (χ2v) is 3.27. The molecule has 84 valence electrons. The first kappa shape index (κ1) is 12.0. The summed E-state index contributed by atoms with van der Waals surface area (Å²) in [6.45, 7) is 6.16. The van der Waals surface area contributed by atoms with Gasteiger partial charge in [-0.25, -0.2) is 4.98 Å². The molecule has 0 aromatic carbocycles. The van der Waals surface area contributed by atoms with Crippen molar-refractivity contribution in [3.8, 4) is 5.88 Å². The molecule has 15 heavy (non-hydrogen) atoms. The minimum absolute atomic E-state index is 0.566. The largest absolute Gasteiger partial charge is 0.478 e. The average molecular weight is 230 g/mol. The van der Waals surface area contributed by atoms with Crippen molar-refractivity contribution in [2.45, 2.75) is 13.8 Å². The zero-order valence-corrected chi connectivity index (χ0v) is 9.87. The van der Waals surface area contributed by atoms with Crippen LogP contribution < -0.4 is 9.64 Å². The number of nitrogens with zero attached hydrogens (tertiary/aromatic N) is 3. The zero-order valence-electron chi connectivity index (χ0n) is 9.11. The second kappa shape index (κ2) is 6.45. The van der Waals surface area contributed by atoms with Crippen LogP contribution in [0.15, 0.2) is 12.3 Å². The van der Waals surface area contributed by atoms with E-state index in [0.29, 0.717) is 24.3 Å². The minimum Gasteiger partial charge on any atom is -0.478 e. The molecule has 1 aromatic heterocycles. The molecule has 0 spiro atoms. The maximum Gasteiger partial charge on any atom is 0.228 e. The molecule has 1 aromatic rings. The Morgan fingerprint density at radius 3 is 2.87 bits per heavy atom. The van der Waals surface area contributed by atoms with Crippen molar-refractivity contribution in [1.29, 1.82) is 0 Å². The molecule has 0 aliphatic carbocycles. The molecule has 0 aliphatic heterocycles. The van der Waals surface area contributed by atoms with E-state index in [9.17, 15) is 0 Å². The molecular weight excluding hydrogens is 214 g/mol. The maximum atomic E-state index is 5.70. The van der Waals surface area contributed by atoms with Gasteiger partial charge in [-0.15, -0.1) is 11.6 Å². The number of halogens is 1. The molecule has 0 amide bonds. The van der Waals surface area contributed by atoms with E-state index in [-0.39, 0.29) is 0 Å². The predicted molar refractivity (Wildman–Crippen MR) is 61.8 cm³/mol. The van der Waals surface area contributed by atoms with Crippen LogP contribution >= 0.6 is 11.6 Å². The van der Waals surface area contributed by atoms with Crippen LogP contribution in [0.5, 0.6) is 5.88 Å². The van der Waals surface area contributed by atoms with Crippen molar-refractivity contribution in [3.05, 3.63) is 12.3 Å². The molecule has 1 rings (SSSR count). The van der Waals surface area contributed by atoms with Gasteiger partial charge in [0, 0.05) is 31.2 Å². The highest BCUT2D eigenvalue weighted by molar-refractivity contribution is 6.18. The van der Waals surface area contributed by atoms with E-state index in [1.165, 1.54) is 0 Å². The monoisotopic (exact) mass is 229 g/mol. The molecule has 0 atom stereocenters. The Balaban J connectivity index is 2.77. The van der Waals surface area contributed by atoms with E-state index in [1.54, 1.807) is 12.3 Å². The van der Waals surface area contributed by atoms with Crippen molar-refractivity contribution in [3.63, 3.8) is 0 Å². The first-order chi connectivity index (χ1) is 7.31. The van der Waals surface area contributed by atoms with Gasteiger partial charge in [-0.05, 0) is 13.8 Å². The van der Waals surface area contributed by atoms with Crippen LogP contribution in [-0.4, -0.2) is 35.5 Å². The third-order valence-electron chi connectivity index (χ3n) is 1.93. The molecule has 0 aliphatic rings. The van der Waals surface area contributed by atoms with Gasteiger partial charge in [0.1, 0.15) is 0 Å². The fourth-order valence-corrected chi connectivity index (χ4v) is 1.42. The highest BCUT2D eigenvalue weighted by atomic mass is 35.5. The quantitative estimate of drug-likeness (QED) is 0.699. The van der Waals surface area contributed by atoms with Crippen molar-refractivity contribution < 1.29 is 4.74 Å². The lowest BCUT2D eigenvalue weighted by molar-refractivity contribution is 0.326. The number of ether oxygens (including phenoxy) is 1. The Hall–Kier alpha value is -1.03. The lowest BCUT2D eigenvalue weighted by Crippen LogP contribution is -2.26. The smallest absolute Gasteiger partial charge is 0.228 e. The molecule has 0 N–H and O–H groups in total. The van der Waals surface area contributed by atoms with Gasteiger partial charge < -0.3 is 9.64 Å². The Labute approximate surface area is 95.2 Å². The van der Waals surface area contributed by atoms with Crippen LogP contribution in [0.25, 0.3) is 0 Å². The highest BCUT2D eigenvalue weighted by Crippen LogP contribution is 2.12. The van der Waals surface area contributed by atoms with Gasteiger partial charge in [-0.3, -0.25) is 0 Å². The van der Waals surface area contributed by atoms with Crippen LogP contribution in [0, 0.1) is 0 Å². The van der Waals surface area contributed by atoms with Crippen LogP contribution in [0.4, 0.5) is 5.95 Å². The summed E-state index contributed by atoms with van der Waals surface area (Å²) in [5.74, 6) is 1.84. The molecule has 5 heteroatoms. The molecule has 0 fully saturated rings. The summed E-state index contributed by atoms with van der Waals surface area (Å²) in [6, 6.07) is 1.75. The molecule has 4 nitrogen and oxygen atoms in total. The van der Waals surface area contributed by atoms with Crippen molar-refractivity contribution in [2.75, 3.05) is 30.5 Å². The first-order valence-corrected chi connectivity index (χ1v) is 5.62. The average Bonchev–Trinajstić information content (AvgIpc) is 2.27. The number of anilines is 1. The van der Waals surface area contributed by atoms with E-state index in [4.69, 9.17) is 16.3 Å². The number of hydrogen-bond acceptors (Lipinski definition) is 4. The fraction of sp³-hybridized carbons (Fsp3) is 0.600. The zero-order chi connectivity index (χ0) is 11.1. The van der Waals surface area contributed by atoms with Crippen LogP contribution in [-0.2, 0) is 0 Å². The molecular formula is C10H16ClN3O. The van der Waals surface area contributed by atoms with Crippen molar-refractivity contribution in [2.24, 2.45) is 0 Å². The summed E-state index contributed by atoms with van der Waals surface area (Å²) in [7, 11) is 0. The number of hydrogen-bond donors (Lipinski definition) is 0. The second-order valence-electron chi connectivity index (χ2n) is 2.90. The molecule has 0 bridgehead atoms. The topological polar surface area (TPSA) is 38.2 Å². The van der Waals surface area contributed by atoms with Crippen LogP contribution in [0.1, 0.15) is 13.8 Å². The first-order valence-electron chi connectivity index (χ1n) is 5.08. The van der Waals surface area contributed by atoms with Crippen molar-refractivity contribution >= 4 is 17.5 Å². The summed E-state index contributed by atoms with van der Waals surface area (Å²) in [4.78, 5) is 10.5. The Morgan fingerprint density at radius 2 is 2.27 bits per heavy atom. The van der Waals surface area contributed by atoms with Gasteiger partial charge >= 0.3 is 0 Å². The van der Waals surface area contributed by atoms with Gasteiger partial charge in [0.2, 0.25) is 11.8 Å². The van der Waals surface area contributed by atoms with Gasteiger partial charge in [-0.2, -0.15) is 4.98 Å². The molecule has 0 radical (unpaired) electrons. The van der Waals surface area contributed by atoms with Crippen molar-refractivity contribution in [1.82, 2.24) is 9.97 Å². The lowest BCUT2D eigenvalue weighted by Gasteiger charge is -2.19. The number of rotatable bonds is 6. The lowest BCUT2D eigenvalue weighted by atomic mass is 10.5. The summed E-state index contributed by atoms with van der Waals surface area (Å²) in [5.41, 5.74) is 0. The van der Waals surface area contributed by atoms with Crippen LogP contribution in [0.2, 0.25) is 0 Å². The molecule has 0 saturated heterocycles. The molecule has 1 heterocycles. The minimum atomic E-state index is 0.566. The van der Waals surface area contributed by atoms with E-state index < -0.39 is 0 Å². The van der Waals surface area contributed by atoms with E-state index in [2.05, 4.69) is 9.97 Å². The van der Waals surface area contributed by atoms with Gasteiger partial charge in [-0.1, -0.05) is 0 Å². The summed E-state index contributed by atoms with van der Waals surface area (Å²) >= 11 is 5.70. The fourth-order valence-electron chi connectivity index (χ4n) is 1.21. The SMILES string of the molecule is CCOc1ccnc(N(CC)CCCl)n1. The van der Waals surface area contributed by atoms with Gasteiger partial charge in [0.05, 0.1) is 6.61 Å². The predicted octanol–water partition coefficient (Wildman–Crippen LogP) is 1.94. The summed E-state index contributed by atoms with van der Waals surface area (Å²) < 4.78 is 5.31. The third kappa shape index (κ3) is 3.55. The third-order valence-corrected chi connectivity index (χ3v) is 2.10. The van der Waals surface area contributed by atoms with Gasteiger partial charge in [0.25, 0.3) is 0 Å². The van der Waals surface area contributed by atoms with E-state index in [0.717, 1.165) is 13.1 Å². The number of aromatic nitrogens is 2. The Morgan fingerprint density at radius 1 is 1.47 bits per heavy atom. The maximum absolute atomic E-state index is 5.70. The molecule has 0 unspecified atom stereocenters. The summed E-state index contributed by atoms with van der Waals surface area (Å²) in [6.07, 6.45) is 1.70. The highest BCUT2D eigenvalue weighted by Gasteiger charge is 2.07. The normalized spacial score (nSPS) is 10.1. The Kier molecular flexibility index (Phi) is 5.18. The standard InChI is InChI=1S/C10H16ClN3O/c1-3-14(8-6-11)10-12-7-5-9(13-10)15-4-2/h5,7H,3-4,6,8H2,1-2H3. The van der Waals surface area contributed by atoms with Gasteiger partial charge in [0.15, 0.2) is 0 Å². The number of alkyl halides is 1. The Bertz CT molecular complexity index is 296. The van der Waals surface area contributed by atoms with E-state index in [1.807, 2.05) is 18.7 Å². The van der Waals surface area contributed by atoms with E-state index >= 15 is 0 Å².